The number of hydrogen-bond donors (Lipinski definition) is 2. The van der Waals surface area contributed by atoms with Gasteiger partial charge >= 0.3 is 0 Å². The van der Waals surface area contributed by atoms with Crippen molar-refractivity contribution in [2.45, 2.75) is 18.9 Å². The Morgan fingerprint density at radius 3 is 3.22 bits per heavy atom. The maximum absolute atomic E-state index is 11.7. The van der Waals surface area contributed by atoms with Gasteiger partial charge < -0.3 is 15.4 Å². The molecule has 1 saturated heterocycles. The zero-order valence-electron chi connectivity index (χ0n) is 10.4. The number of hydrogen-bond acceptors (Lipinski definition) is 4. The van der Waals surface area contributed by atoms with E-state index in [1.807, 2.05) is 18.2 Å². The van der Waals surface area contributed by atoms with Gasteiger partial charge in [-0.05, 0) is 18.6 Å². The highest BCUT2D eigenvalue weighted by molar-refractivity contribution is 5.76. The van der Waals surface area contributed by atoms with Crippen LogP contribution in [0.25, 0.3) is 0 Å². The Kier molecular flexibility index (Phi) is 5.11. The van der Waals surface area contributed by atoms with Crippen LogP contribution in [0, 0.1) is 0 Å². The molecule has 0 aromatic carbocycles. The van der Waals surface area contributed by atoms with E-state index in [0.717, 1.165) is 18.8 Å². The molecular weight excluding hydrogens is 230 g/mol. The SMILES string of the molecule is O=C(CCc1ccccn1)NCC1COCCN1. The zero-order valence-corrected chi connectivity index (χ0v) is 10.4. The molecule has 1 aliphatic rings. The Hall–Kier alpha value is -1.46. The second-order valence-electron chi connectivity index (χ2n) is 4.35. The highest BCUT2D eigenvalue weighted by Gasteiger charge is 2.13. The van der Waals surface area contributed by atoms with Gasteiger partial charge in [-0.1, -0.05) is 6.07 Å². The summed E-state index contributed by atoms with van der Waals surface area (Å²) in [6, 6.07) is 5.98. The van der Waals surface area contributed by atoms with Crippen molar-refractivity contribution in [3.63, 3.8) is 0 Å². The third-order valence-corrected chi connectivity index (χ3v) is 2.88. The molecule has 1 aromatic rings. The molecule has 1 unspecified atom stereocenters. The lowest BCUT2D eigenvalue weighted by Gasteiger charge is -2.23. The Morgan fingerprint density at radius 2 is 2.50 bits per heavy atom. The van der Waals surface area contributed by atoms with Crippen LogP contribution in [-0.4, -0.2) is 43.2 Å². The first kappa shape index (κ1) is 13.0. The van der Waals surface area contributed by atoms with Crippen molar-refractivity contribution in [1.29, 1.82) is 0 Å². The molecule has 18 heavy (non-hydrogen) atoms. The van der Waals surface area contributed by atoms with E-state index in [9.17, 15) is 4.79 Å². The number of nitrogens with zero attached hydrogens (tertiary/aromatic N) is 1. The van der Waals surface area contributed by atoms with Gasteiger partial charge in [0.15, 0.2) is 0 Å². The molecule has 1 aliphatic heterocycles. The Balaban J connectivity index is 1.63. The predicted molar refractivity (Wildman–Crippen MR) is 68.2 cm³/mol. The maximum atomic E-state index is 11.7. The van der Waals surface area contributed by atoms with Gasteiger partial charge in [-0.15, -0.1) is 0 Å². The summed E-state index contributed by atoms with van der Waals surface area (Å²) in [7, 11) is 0. The molecule has 2 rings (SSSR count). The highest BCUT2D eigenvalue weighted by Crippen LogP contribution is 1.98. The van der Waals surface area contributed by atoms with Gasteiger partial charge in [0.05, 0.1) is 13.2 Å². The van der Waals surface area contributed by atoms with Gasteiger partial charge in [0.2, 0.25) is 5.91 Å². The number of aromatic nitrogens is 1. The summed E-state index contributed by atoms with van der Waals surface area (Å²) in [6.07, 6.45) is 2.91. The van der Waals surface area contributed by atoms with Gasteiger partial charge in [-0.2, -0.15) is 0 Å². The molecule has 0 bridgehead atoms. The number of amides is 1. The minimum absolute atomic E-state index is 0.0630. The number of ether oxygens (including phenoxy) is 1. The molecule has 1 aromatic heterocycles. The van der Waals surface area contributed by atoms with Crippen LogP contribution in [0.2, 0.25) is 0 Å². The molecule has 0 radical (unpaired) electrons. The molecule has 5 nitrogen and oxygen atoms in total. The van der Waals surface area contributed by atoms with Crippen LogP contribution in [0.1, 0.15) is 12.1 Å². The Labute approximate surface area is 107 Å². The maximum Gasteiger partial charge on any atom is 0.220 e. The van der Waals surface area contributed by atoms with E-state index in [-0.39, 0.29) is 11.9 Å². The van der Waals surface area contributed by atoms with Crippen molar-refractivity contribution in [3.8, 4) is 0 Å². The number of pyridine rings is 1. The fourth-order valence-electron chi connectivity index (χ4n) is 1.86. The first-order chi connectivity index (χ1) is 8.84. The van der Waals surface area contributed by atoms with Crippen LogP contribution in [0.15, 0.2) is 24.4 Å². The van der Waals surface area contributed by atoms with Crippen molar-refractivity contribution in [2.75, 3.05) is 26.3 Å². The summed E-state index contributed by atoms with van der Waals surface area (Å²) in [6.45, 7) is 2.90. The molecule has 0 saturated carbocycles. The van der Waals surface area contributed by atoms with Crippen molar-refractivity contribution in [3.05, 3.63) is 30.1 Å². The number of rotatable bonds is 5. The van der Waals surface area contributed by atoms with E-state index in [1.165, 1.54) is 0 Å². The lowest BCUT2D eigenvalue weighted by Crippen LogP contribution is -2.48. The molecule has 0 aliphatic carbocycles. The third-order valence-electron chi connectivity index (χ3n) is 2.88. The molecule has 1 amide bonds. The summed E-state index contributed by atoms with van der Waals surface area (Å²) < 4.78 is 5.32. The van der Waals surface area contributed by atoms with Crippen molar-refractivity contribution >= 4 is 5.91 Å². The Bertz CT molecular complexity index is 364. The molecule has 1 fully saturated rings. The second-order valence-corrected chi connectivity index (χ2v) is 4.35. The van der Waals surface area contributed by atoms with Crippen LogP contribution < -0.4 is 10.6 Å². The largest absolute Gasteiger partial charge is 0.378 e. The average Bonchev–Trinajstić information content (AvgIpc) is 2.45. The fraction of sp³-hybridized carbons (Fsp3) is 0.538. The van der Waals surface area contributed by atoms with Gasteiger partial charge in [0, 0.05) is 37.4 Å². The first-order valence-electron chi connectivity index (χ1n) is 6.32. The zero-order chi connectivity index (χ0) is 12.6. The quantitative estimate of drug-likeness (QED) is 0.778. The first-order valence-corrected chi connectivity index (χ1v) is 6.32. The van der Waals surface area contributed by atoms with E-state index in [4.69, 9.17) is 4.74 Å². The van der Waals surface area contributed by atoms with E-state index in [1.54, 1.807) is 6.20 Å². The van der Waals surface area contributed by atoms with Crippen molar-refractivity contribution in [2.24, 2.45) is 0 Å². The van der Waals surface area contributed by atoms with E-state index >= 15 is 0 Å². The molecule has 98 valence electrons. The molecular formula is C13H19N3O2. The minimum atomic E-state index is 0.0630. The van der Waals surface area contributed by atoms with Crippen molar-refractivity contribution in [1.82, 2.24) is 15.6 Å². The molecule has 2 N–H and O–H groups in total. The van der Waals surface area contributed by atoms with E-state index < -0.39 is 0 Å². The van der Waals surface area contributed by atoms with Gasteiger partial charge in [-0.25, -0.2) is 0 Å². The van der Waals surface area contributed by atoms with Crippen LogP contribution in [0.5, 0.6) is 0 Å². The molecule has 5 heteroatoms. The van der Waals surface area contributed by atoms with Crippen LogP contribution >= 0.6 is 0 Å². The van der Waals surface area contributed by atoms with Crippen LogP contribution in [0.4, 0.5) is 0 Å². The molecule has 2 heterocycles. The number of aryl methyl sites for hydroxylation is 1. The number of nitrogens with one attached hydrogen (secondary N) is 2. The number of morpholine rings is 1. The van der Waals surface area contributed by atoms with E-state index in [2.05, 4.69) is 15.6 Å². The van der Waals surface area contributed by atoms with E-state index in [0.29, 0.717) is 26.0 Å². The predicted octanol–water partition coefficient (Wildman–Crippen LogP) is 0.119. The Morgan fingerprint density at radius 1 is 1.56 bits per heavy atom. The summed E-state index contributed by atoms with van der Waals surface area (Å²) in [4.78, 5) is 15.8. The van der Waals surface area contributed by atoms with Gasteiger partial charge in [0.25, 0.3) is 0 Å². The standard InChI is InChI=1S/C13H19N3O2/c17-13(5-4-11-3-1-2-6-14-11)16-9-12-10-18-8-7-15-12/h1-3,6,12,15H,4-5,7-10H2,(H,16,17). The smallest absolute Gasteiger partial charge is 0.220 e. The number of carbonyl (C=O) groups excluding carboxylic acids is 1. The summed E-state index contributed by atoms with van der Waals surface area (Å²) in [5, 5.41) is 6.21. The monoisotopic (exact) mass is 249 g/mol. The topological polar surface area (TPSA) is 63.2 Å². The minimum Gasteiger partial charge on any atom is -0.378 e. The van der Waals surface area contributed by atoms with Crippen LogP contribution in [0.3, 0.4) is 0 Å². The molecule has 1 atom stereocenters. The summed E-state index contributed by atoms with van der Waals surface area (Å²) in [5.41, 5.74) is 0.951. The normalized spacial score (nSPS) is 19.4. The molecule has 0 spiro atoms. The summed E-state index contributed by atoms with van der Waals surface area (Å²) in [5.74, 6) is 0.0630. The lowest BCUT2D eigenvalue weighted by atomic mass is 10.2. The third kappa shape index (κ3) is 4.43. The fourth-order valence-corrected chi connectivity index (χ4v) is 1.86. The van der Waals surface area contributed by atoms with Gasteiger partial charge in [-0.3, -0.25) is 9.78 Å². The van der Waals surface area contributed by atoms with Crippen LogP contribution in [-0.2, 0) is 16.0 Å². The number of carbonyl (C=O) groups is 1. The highest BCUT2D eigenvalue weighted by atomic mass is 16.5. The van der Waals surface area contributed by atoms with Gasteiger partial charge in [0.1, 0.15) is 0 Å². The van der Waals surface area contributed by atoms with Crippen molar-refractivity contribution < 1.29 is 9.53 Å². The second kappa shape index (κ2) is 7.08. The summed E-state index contributed by atoms with van der Waals surface area (Å²) >= 11 is 0. The average molecular weight is 249 g/mol. The lowest BCUT2D eigenvalue weighted by molar-refractivity contribution is -0.121.